The van der Waals surface area contributed by atoms with Crippen molar-refractivity contribution >= 4 is 23.2 Å². The molecule has 0 saturated heterocycles. The lowest BCUT2D eigenvalue weighted by Gasteiger charge is -2.07. The first kappa shape index (κ1) is 17.3. The van der Waals surface area contributed by atoms with E-state index in [2.05, 4.69) is 20.6 Å². The number of carbonyl (C=O) groups excluding carboxylic acids is 1. The lowest BCUT2D eigenvalue weighted by Crippen LogP contribution is -2.14. The molecule has 0 spiro atoms. The van der Waals surface area contributed by atoms with Gasteiger partial charge in [-0.3, -0.25) is 14.9 Å². The van der Waals surface area contributed by atoms with Crippen molar-refractivity contribution in [3.05, 3.63) is 51.8 Å². The summed E-state index contributed by atoms with van der Waals surface area (Å²) in [5.41, 5.74) is 2.31. The molecule has 24 heavy (non-hydrogen) atoms. The van der Waals surface area contributed by atoms with Gasteiger partial charge in [0.15, 0.2) is 0 Å². The highest BCUT2D eigenvalue weighted by Crippen LogP contribution is 2.15. The van der Waals surface area contributed by atoms with E-state index >= 15 is 0 Å². The fraction of sp³-hybridized carbons (Fsp3) is 0.312. The van der Waals surface area contributed by atoms with Crippen LogP contribution in [0.1, 0.15) is 24.2 Å². The van der Waals surface area contributed by atoms with Crippen LogP contribution in [0.3, 0.4) is 0 Å². The van der Waals surface area contributed by atoms with Gasteiger partial charge < -0.3 is 10.6 Å². The van der Waals surface area contributed by atoms with Crippen molar-refractivity contribution in [1.82, 2.24) is 9.97 Å². The lowest BCUT2D eigenvalue weighted by atomic mass is 10.2. The fourth-order valence-electron chi connectivity index (χ4n) is 2.14. The number of rotatable bonds is 7. The molecule has 0 saturated carbocycles. The summed E-state index contributed by atoms with van der Waals surface area (Å²) < 4.78 is 0. The summed E-state index contributed by atoms with van der Waals surface area (Å²) in [7, 11) is 0. The second-order valence-electron chi connectivity index (χ2n) is 5.36. The fourth-order valence-corrected chi connectivity index (χ4v) is 2.14. The highest BCUT2D eigenvalue weighted by Gasteiger charge is 2.06. The number of nitro benzene ring substituents is 1. The van der Waals surface area contributed by atoms with Gasteiger partial charge in [0.25, 0.3) is 5.69 Å². The number of non-ortho nitro benzene ring substituents is 1. The number of aromatic nitrogens is 2. The summed E-state index contributed by atoms with van der Waals surface area (Å²) in [5, 5.41) is 16.4. The van der Waals surface area contributed by atoms with E-state index in [4.69, 9.17) is 0 Å². The quantitative estimate of drug-likeness (QED) is 0.459. The summed E-state index contributed by atoms with van der Waals surface area (Å²) in [6.07, 6.45) is 0.948. The Morgan fingerprint density at radius 1 is 1.17 bits per heavy atom. The molecule has 0 radical (unpaired) electrons. The molecule has 1 amide bonds. The number of aryl methyl sites for hydroxylation is 2. The molecule has 0 aliphatic heterocycles. The standard InChI is InChI=1S/C16H19N5O3/c1-11-10-12(2)19-16(18-11)17-9-3-4-15(22)20-13-5-7-14(8-6-13)21(23)24/h5-8,10H,3-4,9H2,1-2H3,(H,20,22)(H,17,18,19). The van der Waals surface area contributed by atoms with Crippen LogP contribution in [0.2, 0.25) is 0 Å². The number of benzene rings is 1. The van der Waals surface area contributed by atoms with E-state index in [0.717, 1.165) is 11.4 Å². The van der Waals surface area contributed by atoms with Gasteiger partial charge in [0.05, 0.1) is 4.92 Å². The van der Waals surface area contributed by atoms with Crippen LogP contribution in [0.5, 0.6) is 0 Å². The SMILES string of the molecule is Cc1cc(C)nc(NCCCC(=O)Nc2ccc([N+](=O)[O-])cc2)n1. The third kappa shape index (κ3) is 5.31. The molecule has 126 valence electrons. The Balaban J connectivity index is 1.74. The summed E-state index contributed by atoms with van der Waals surface area (Å²) in [5.74, 6) is 0.412. The van der Waals surface area contributed by atoms with E-state index in [1.165, 1.54) is 24.3 Å². The minimum atomic E-state index is -0.480. The maximum Gasteiger partial charge on any atom is 0.269 e. The second kappa shape index (κ2) is 8.00. The Labute approximate surface area is 139 Å². The number of nitrogens with one attached hydrogen (secondary N) is 2. The lowest BCUT2D eigenvalue weighted by molar-refractivity contribution is -0.384. The topological polar surface area (TPSA) is 110 Å². The summed E-state index contributed by atoms with van der Waals surface area (Å²) >= 11 is 0. The largest absolute Gasteiger partial charge is 0.354 e. The highest BCUT2D eigenvalue weighted by molar-refractivity contribution is 5.90. The Kier molecular flexibility index (Phi) is 5.78. The number of carbonyl (C=O) groups is 1. The molecule has 0 aliphatic rings. The zero-order valence-electron chi connectivity index (χ0n) is 13.6. The maximum absolute atomic E-state index is 11.8. The van der Waals surface area contributed by atoms with Crippen molar-refractivity contribution in [3.8, 4) is 0 Å². The van der Waals surface area contributed by atoms with Crippen molar-refractivity contribution in [2.75, 3.05) is 17.2 Å². The van der Waals surface area contributed by atoms with E-state index in [9.17, 15) is 14.9 Å². The molecule has 1 aromatic heterocycles. The number of nitro groups is 1. The van der Waals surface area contributed by atoms with Gasteiger partial charge in [0, 0.05) is 42.2 Å². The number of hydrogen-bond donors (Lipinski definition) is 2. The summed E-state index contributed by atoms with van der Waals surface area (Å²) in [6.45, 7) is 4.38. The zero-order chi connectivity index (χ0) is 17.5. The van der Waals surface area contributed by atoms with E-state index in [1.807, 2.05) is 19.9 Å². The number of nitrogens with zero attached hydrogens (tertiary/aromatic N) is 3. The minimum Gasteiger partial charge on any atom is -0.354 e. The van der Waals surface area contributed by atoms with Gasteiger partial charge in [0.1, 0.15) is 0 Å². The van der Waals surface area contributed by atoms with Gasteiger partial charge in [-0.25, -0.2) is 9.97 Å². The molecule has 0 bridgehead atoms. The average molecular weight is 329 g/mol. The van der Waals surface area contributed by atoms with Gasteiger partial charge in [0.2, 0.25) is 11.9 Å². The van der Waals surface area contributed by atoms with Crippen LogP contribution < -0.4 is 10.6 Å². The Bertz CT molecular complexity index is 711. The molecule has 8 heteroatoms. The van der Waals surface area contributed by atoms with Crippen LogP contribution in [-0.4, -0.2) is 27.3 Å². The molecular formula is C16H19N5O3. The van der Waals surface area contributed by atoms with Gasteiger partial charge >= 0.3 is 0 Å². The highest BCUT2D eigenvalue weighted by atomic mass is 16.6. The van der Waals surface area contributed by atoms with E-state index in [0.29, 0.717) is 31.0 Å². The van der Waals surface area contributed by atoms with Crippen molar-refractivity contribution in [2.45, 2.75) is 26.7 Å². The minimum absolute atomic E-state index is 0.00866. The van der Waals surface area contributed by atoms with Crippen LogP contribution in [0.4, 0.5) is 17.3 Å². The molecule has 0 unspecified atom stereocenters. The van der Waals surface area contributed by atoms with Crippen LogP contribution in [0.15, 0.2) is 30.3 Å². The van der Waals surface area contributed by atoms with Gasteiger partial charge in [-0.05, 0) is 38.5 Å². The van der Waals surface area contributed by atoms with Gasteiger partial charge in [-0.2, -0.15) is 0 Å². The predicted molar refractivity (Wildman–Crippen MR) is 91.0 cm³/mol. The molecule has 0 atom stereocenters. The molecular weight excluding hydrogens is 310 g/mol. The molecule has 2 aromatic rings. The first-order chi connectivity index (χ1) is 11.4. The monoisotopic (exact) mass is 329 g/mol. The molecule has 2 rings (SSSR count). The smallest absolute Gasteiger partial charge is 0.269 e. The van der Waals surface area contributed by atoms with Crippen molar-refractivity contribution in [1.29, 1.82) is 0 Å². The summed E-state index contributed by atoms with van der Waals surface area (Å²) in [4.78, 5) is 30.5. The van der Waals surface area contributed by atoms with Crippen molar-refractivity contribution in [3.63, 3.8) is 0 Å². The molecule has 1 aromatic carbocycles. The van der Waals surface area contributed by atoms with E-state index < -0.39 is 4.92 Å². The molecule has 2 N–H and O–H groups in total. The Hall–Kier alpha value is -3.03. The first-order valence-electron chi connectivity index (χ1n) is 7.54. The van der Waals surface area contributed by atoms with Crippen molar-refractivity contribution < 1.29 is 9.72 Å². The Morgan fingerprint density at radius 3 is 2.38 bits per heavy atom. The number of hydrogen-bond acceptors (Lipinski definition) is 6. The maximum atomic E-state index is 11.8. The number of amides is 1. The van der Waals surface area contributed by atoms with Crippen LogP contribution in [0.25, 0.3) is 0 Å². The van der Waals surface area contributed by atoms with Gasteiger partial charge in [-0.15, -0.1) is 0 Å². The molecule has 0 aliphatic carbocycles. The zero-order valence-corrected chi connectivity index (χ0v) is 13.6. The predicted octanol–water partition coefficient (Wildman–Crippen LogP) is 2.83. The third-order valence-corrected chi connectivity index (χ3v) is 3.21. The average Bonchev–Trinajstić information content (AvgIpc) is 2.51. The molecule has 0 fully saturated rings. The second-order valence-corrected chi connectivity index (χ2v) is 5.36. The molecule has 8 nitrogen and oxygen atoms in total. The molecule has 1 heterocycles. The number of anilines is 2. The third-order valence-electron chi connectivity index (χ3n) is 3.21. The van der Waals surface area contributed by atoms with Gasteiger partial charge in [-0.1, -0.05) is 0 Å². The van der Waals surface area contributed by atoms with Crippen LogP contribution >= 0.6 is 0 Å². The van der Waals surface area contributed by atoms with Crippen LogP contribution in [0, 0.1) is 24.0 Å². The van der Waals surface area contributed by atoms with E-state index in [1.54, 1.807) is 0 Å². The first-order valence-corrected chi connectivity index (χ1v) is 7.54. The normalized spacial score (nSPS) is 10.2. The van der Waals surface area contributed by atoms with E-state index in [-0.39, 0.29) is 11.6 Å². The Morgan fingerprint density at radius 2 is 1.79 bits per heavy atom. The van der Waals surface area contributed by atoms with Crippen LogP contribution in [-0.2, 0) is 4.79 Å². The summed E-state index contributed by atoms with van der Waals surface area (Å²) in [6, 6.07) is 7.63. The van der Waals surface area contributed by atoms with Crippen molar-refractivity contribution in [2.24, 2.45) is 0 Å².